The molecule has 1 aromatic rings. The van der Waals surface area contributed by atoms with Crippen molar-refractivity contribution in [3.63, 3.8) is 0 Å². The number of rotatable bonds is 2. The second kappa shape index (κ2) is 4.73. The zero-order valence-electron chi connectivity index (χ0n) is 9.83. The number of hydrogen-bond acceptors (Lipinski definition) is 4. The Morgan fingerprint density at radius 1 is 1.18 bits per heavy atom. The molecule has 2 rings (SSSR count). The molecule has 1 aliphatic heterocycles. The van der Waals surface area contributed by atoms with Gasteiger partial charge in [0.1, 0.15) is 0 Å². The van der Waals surface area contributed by atoms with Gasteiger partial charge in [-0.25, -0.2) is 13.4 Å². The number of hydrogen-bond donors (Lipinski definition) is 1. The van der Waals surface area contributed by atoms with Crippen LogP contribution in [-0.4, -0.2) is 43.9 Å². The van der Waals surface area contributed by atoms with E-state index in [2.05, 4.69) is 0 Å². The van der Waals surface area contributed by atoms with Crippen molar-refractivity contribution in [2.75, 3.05) is 26.2 Å². The van der Waals surface area contributed by atoms with Gasteiger partial charge in [0.25, 0.3) is 0 Å². The Bertz CT molecular complexity index is 493. The van der Waals surface area contributed by atoms with Gasteiger partial charge in [0.05, 0.1) is 4.90 Å². The first-order chi connectivity index (χ1) is 8.00. The molecule has 0 saturated carbocycles. The molecule has 0 spiro atoms. The highest BCUT2D eigenvalue weighted by atomic mass is 32.2. The summed E-state index contributed by atoms with van der Waals surface area (Å²) in [7, 11) is -3.36. The smallest absolute Gasteiger partial charge is 0.243 e. The lowest BCUT2D eigenvalue weighted by atomic mass is 10.2. The number of nitrogens with zero attached hydrogens (tertiary/aromatic N) is 2. The van der Waals surface area contributed by atoms with Crippen molar-refractivity contribution in [1.29, 1.82) is 0 Å². The molecule has 1 heterocycles. The fourth-order valence-corrected chi connectivity index (χ4v) is 3.40. The molecule has 5 nitrogen and oxygen atoms in total. The van der Waals surface area contributed by atoms with E-state index in [9.17, 15) is 8.42 Å². The molecule has 0 aliphatic carbocycles. The quantitative estimate of drug-likeness (QED) is 0.765. The van der Waals surface area contributed by atoms with Crippen molar-refractivity contribution in [2.45, 2.75) is 11.8 Å². The van der Waals surface area contributed by atoms with Gasteiger partial charge in [-0.15, -0.1) is 0 Å². The van der Waals surface area contributed by atoms with E-state index in [1.807, 2.05) is 13.0 Å². The zero-order chi connectivity index (χ0) is 12.5. The average Bonchev–Trinajstić information content (AvgIpc) is 2.29. The molecule has 0 aromatic heterocycles. The van der Waals surface area contributed by atoms with Crippen molar-refractivity contribution < 1.29 is 8.42 Å². The molecule has 2 N–H and O–H groups in total. The minimum absolute atomic E-state index is 0.364. The van der Waals surface area contributed by atoms with Gasteiger partial charge in [-0.2, -0.15) is 4.31 Å². The van der Waals surface area contributed by atoms with Crippen LogP contribution in [0.25, 0.3) is 0 Å². The fraction of sp³-hybridized carbons (Fsp3) is 0.455. The second-order valence-corrected chi connectivity index (χ2v) is 6.19. The van der Waals surface area contributed by atoms with E-state index in [4.69, 9.17) is 5.84 Å². The van der Waals surface area contributed by atoms with Crippen LogP contribution >= 0.6 is 0 Å². The van der Waals surface area contributed by atoms with Gasteiger partial charge in [0.2, 0.25) is 10.0 Å². The van der Waals surface area contributed by atoms with Crippen LogP contribution in [-0.2, 0) is 10.0 Å². The van der Waals surface area contributed by atoms with E-state index >= 15 is 0 Å². The predicted molar refractivity (Wildman–Crippen MR) is 65.7 cm³/mol. The summed E-state index contributed by atoms with van der Waals surface area (Å²) in [5.41, 5.74) is 0.948. The van der Waals surface area contributed by atoms with E-state index < -0.39 is 10.0 Å². The highest BCUT2D eigenvalue weighted by molar-refractivity contribution is 7.89. The first-order valence-electron chi connectivity index (χ1n) is 5.56. The predicted octanol–water partition coefficient (Wildman–Crippen LogP) is 0.175. The van der Waals surface area contributed by atoms with Crippen molar-refractivity contribution in [1.82, 2.24) is 9.31 Å². The summed E-state index contributed by atoms with van der Waals surface area (Å²) in [4.78, 5) is 0.364. The van der Waals surface area contributed by atoms with Crippen molar-refractivity contribution >= 4 is 10.0 Å². The molecule has 0 unspecified atom stereocenters. The van der Waals surface area contributed by atoms with E-state index in [1.54, 1.807) is 23.2 Å². The summed E-state index contributed by atoms with van der Waals surface area (Å²) in [5, 5.41) is 1.64. The van der Waals surface area contributed by atoms with Crippen LogP contribution in [0, 0.1) is 6.92 Å². The minimum atomic E-state index is -3.36. The topological polar surface area (TPSA) is 66.6 Å². The highest BCUT2D eigenvalue weighted by Crippen LogP contribution is 2.17. The molecular weight excluding hydrogens is 238 g/mol. The van der Waals surface area contributed by atoms with Crippen molar-refractivity contribution in [2.24, 2.45) is 5.84 Å². The molecule has 1 aromatic carbocycles. The van der Waals surface area contributed by atoms with Gasteiger partial charge in [-0.05, 0) is 24.6 Å². The number of nitrogens with two attached hydrogens (primary N) is 1. The number of sulfonamides is 1. The van der Waals surface area contributed by atoms with Gasteiger partial charge in [-0.3, -0.25) is 5.84 Å². The summed E-state index contributed by atoms with van der Waals surface area (Å²) in [6.07, 6.45) is 0. The maximum Gasteiger partial charge on any atom is 0.243 e. The van der Waals surface area contributed by atoms with Crippen LogP contribution in [0.2, 0.25) is 0 Å². The summed E-state index contributed by atoms with van der Waals surface area (Å²) >= 11 is 0. The maximum atomic E-state index is 12.3. The second-order valence-electron chi connectivity index (χ2n) is 4.26. The van der Waals surface area contributed by atoms with Gasteiger partial charge in [0, 0.05) is 26.2 Å². The summed E-state index contributed by atoms with van der Waals surface area (Å²) in [6.45, 7) is 3.94. The lowest BCUT2D eigenvalue weighted by molar-refractivity contribution is 0.192. The SMILES string of the molecule is Cc1cccc(S(=O)(=O)N2CCN(N)CC2)c1. The normalized spacial score (nSPS) is 19.4. The number of aryl methyl sites for hydroxylation is 1. The largest absolute Gasteiger partial charge is 0.269 e. The van der Waals surface area contributed by atoms with E-state index in [0.29, 0.717) is 31.1 Å². The van der Waals surface area contributed by atoms with Crippen LogP contribution < -0.4 is 5.84 Å². The third-order valence-electron chi connectivity index (χ3n) is 2.90. The standard InChI is InChI=1S/C11H17N3O2S/c1-10-3-2-4-11(9-10)17(15,16)14-7-5-13(12)6-8-14/h2-4,9H,5-8,12H2,1H3. The Hall–Kier alpha value is -0.950. The van der Waals surface area contributed by atoms with Gasteiger partial charge < -0.3 is 0 Å². The summed E-state index contributed by atoms with van der Waals surface area (Å²) in [6, 6.07) is 6.99. The first kappa shape index (κ1) is 12.5. The average molecular weight is 255 g/mol. The fourth-order valence-electron chi connectivity index (χ4n) is 1.87. The number of piperazine rings is 1. The minimum Gasteiger partial charge on any atom is -0.269 e. The molecule has 1 saturated heterocycles. The van der Waals surface area contributed by atoms with E-state index in [-0.39, 0.29) is 0 Å². The molecular formula is C11H17N3O2S. The molecule has 1 aliphatic rings. The maximum absolute atomic E-state index is 12.3. The van der Waals surface area contributed by atoms with Gasteiger partial charge in [-0.1, -0.05) is 12.1 Å². The Kier molecular flexibility index (Phi) is 3.48. The van der Waals surface area contributed by atoms with Gasteiger partial charge >= 0.3 is 0 Å². The Labute approximate surface area is 102 Å². The third kappa shape index (κ3) is 2.66. The zero-order valence-corrected chi connectivity index (χ0v) is 10.7. The Balaban J connectivity index is 2.25. The van der Waals surface area contributed by atoms with Crippen LogP contribution in [0.5, 0.6) is 0 Å². The molecule has 0 bridgehead atoms. The number of benzene rings is 1. The highest BCUT2D eigenvalue weighted by Gasteiger charge is 2.27. The molecule has 0 amide bonds. The summed E-state index contributed by atoms with van der Waals surface area (Å²) < 4.78 is 26.1. The lowest BCUT2D eigenvalue weighted by Gasteiger charge is -2.31. The summed E-state index contributed by atoms with van der Waals surface area (Å²) in [5.74, 6) is 5.61. The third-order valence-corrected chi connectivity index (χ3v) is 4.80. The molecule has 17 heavy (non-hydrogen) atoms. The van der Waals surface area contributed by atoms with E-state index in [0.717, 1.165) is 5.56 Å². The van der Waals surface area contributed by atoms with E-state index in [1.165, 1.54) is 4.31 Å². The molecule has 1 fully saturated rings. The van der Waals surface area contributed by atoms with Crippen LogP contribution in [0.1, 0.15) is 5.56 Å². The van der Waals surface area contributed by atoms with Crippen molar-refractivity contribution in [3.8, 4) is 0 Å². The number of hydrazine groups is 1. The molecule has 0 atom stereocenters. The van der Waals surface area contributed by atoms with Gasteiger partial charge in [0.15, 0.2) is 0 Å². The first-order valence-corrected chi connectivity index (χ1v) is 7.00. The van der Waals surface area contributed by atoms with Crippen LogP contribution in [0.15, 0.2) is 29.2 Å². The Morgan fingerprint density at radius 3 is 2.41 bits per heavy atom. The monoisotopic (exact) mass is 255 g/mol. The Morgan fingerprint density at radius 2 is 1.82 bits per heavy atom. The van der Waals surface area contributed by atoms with Crippen LogP contribution in [0.4, 0.5) is 0 Å². The lowest BCUT2D eigenvalue weighted by Crippen LogP contribution is -2.51. The molecule has 94 valence electrons. The molecule has 6 heteroatoms. The molecule has 0 radical (unpaired) electrons. The van der Waals surface area contributed by atoms with Crippen molar-refractivity contribution in [3.05, 3.63) is 29.8 Å². The van der Waals surface area contributed by atoms with Crippen LogP contribution in [0.3, 0.4) is 0 Å².